The number of rotatable bonds is 5. The fourth-order valence-corrected chi connectivity index (χ4v) is 2.24. The normalized spacial score (nSPS) is 23.9. The smallest absolute Gasteiger partial charge is 0.223 e. The second-order valence-electron chi connectivity index (χ2n) is 8.06. The maximum absolute atomic E-state index is 11.9. The topological polar surface area (TPSA) is 38.3 Å². The van der Waals surface area contributed by atoms with E-state index in [0.29, 0.717) is 11.5 Å². The zero-order valence-corrected chi connectivity index (χ0v) is 13.5. The minimum atomic E-state index is -0.129. The first-order valence-corrected chi connectivity index (χ1v) is 7.50. The van der Waals surface area contributed by atoms with Crippen molar-refractivity contribution in [2.75, 3.05) is 6.61 Å². The second-order valence-corrected chi connectivity index (χ2v) is 8.06. The van der Waals surface area contributed by atoms with Crippen LogP contribution in [0.3, 0.4) is 0 Å². The summed E-state index contributed by atoms with van der Waals surface area (Å²) in [7, 11) is 0. The Balaban J connectivity index is 2.09. The van der Waals surface area contributed by atoms with Crippen LogP contribution < -0.4 is 5.32 Å². The molecule has 1 rings (SSSR count). The summed E-state index contributed by atoms with van der Waals surface area (Å²) < 4.78 is 5.80. The summed E-state index contributed by atoms with van der Waals surface area (Å²) in [4.78, 5) is 11.9. The Hall–Kier alpha value is -0.570. The number of carbonyl (C=O) groups is 1. The standard InChI is InChI=1S/C16H31NO2/c1-15(2,3)8-7-9-19-13-10-12(11-13)14(18)17-16(4,5)6/h12-13H,7-11H2,1-6H3,(H,17,18)/t12-,13+. The SMILES string of the molecule is CC(C)(C)CCCO[C@H]1C[C@@H](C(=O)NC(C)(C)C)C1. The average molecular weight is 269 g/mol. The first-order chi connectivity index (χ1) is 8.57. The van der Waals surface area contributed by atoms with Crippen molar-refractivity contribution >= 4 is 5.91 Å². The van der Waals surface area contributed by atoms with Gasteiger partial charge >= 0.3 is 0 Å². The lowest BCUT2D eigenvalue weighted by atomic mass is 9.81. The predicted molar refractivity (Wildman–Crippen MR) is 79.0 cm³/mol. The first-order valence-electron chi connectivity index (χ1n) is 7.50. The van der Waals surface area contributed by atoms with Crippen LogP contribution in [0.5, 0.6) is 0 Å². The molecule has 1 saturated carbocycles. The molecular weight excluding hydrogens is 238 g/mol. The summed E-state index contributed by atoms with van der Waals surface area (Å²) in [6.07, 6.45) is 4.37. The van der Waals surface area contributed by atoms with E-state index in [9.17, 15) is 4.79 Å². The van der Waals surface area contributed by atoms with E-state index in [-0.39, 0.29) is 17.4 Å². The molecule has 1 N–H and O–H groups in total. The number of hydrogen-bond donors (Lipinski definition) is 1. The van der Waals surface area contributed by atoms with E-state index in [1.54, 1.807) is 0 Å². The third kappa shape index (κ3) is 6.95. The van der Waals surface area contributed by atoms with Gasteiger partial charge in [-0.2, -0.15) is 0 Å². The molecule has 0 aromatic carbocycles. The van der Waals surface area contributed by atoms with Gasteiger partial charge in [0.25, 0.3) is 0 Å². The van der Waals surface area contributed by atoms with Gasteiger partial charge in [0.1, 0.15) is 0 Å². The Morgan fingerprint density at radius 3 is 2.21 bits per heavy atom. The summed E-state index contributed by atoms with van der Waals surface area (Å²) in [5.41, 5.74) is 0.258. The van der Waals surface area contributed by atoms with Gasteiger partial charge in [0.2, 0.25) is 5.91 Å². The van der Waals surface area contributed by atoms with Crippen molar-refractivity contribution in [3.8, 4) is 0 Å². The van der Waals surface area contributed by atoms with Crippen LogP contribution >= 0.6 is 0 Å². The number of amides is 1. The van der Waals surface area contributed by atoms with Gasteiger partial charge in [0.15, 0.2) is 0 Å². The summed E-state index contributed by atoms with van der Waals surface area (Å²) in [6, 6.07) is 0. The molecule has 1 aliphatic rings. The zero-order valence-electron chi connectivity index (χ0n) is 13.5. The molecule has 3 nitrogen and oxygen atoms in total. The highest BCUT2D eigenvalue weighted by molar-refractivity contribution is 5.80. The zero-order chi connectivity index (χ0) is 14.7. The Morgan fingerprint density at radius 2 is 1.74 bits per heavy atom. The van der Waals surface area contributed by atoms with Gasteiger partial charge in [-0.05, 0) is 51.9 Å². The molecule has 19 heavy (non-hydrogen) atoms. The summed E-state index contributed by atoms with van der Waals surface area (Å²) in [6.45, 7) is 13.6. The van der Waals surface area contributed by atoms with Crippen molar-refractivity contribution in [3.05, 3.63) is 0 Å². The van der Waals surface area contributed by atoms with Crippen LogP contribution in [0.1, 0.15) is 67.2 Å². The summed E-state index contributed by atoms with van der Waals surface area (Å²) >= 11 is 0. The predicted octanol–water partition coefficient (Wildman–Crippen LogP) is 3.52. The molecule has 1 fully saturated rings. The molecule has 1 aliphatic carbocycles. The number of ether oxygens (including phenoxy) is 1. The van der Waals surface area contributed by atoms with E-state index in [0.717, 1.165) is 25.9 Å². The van der Waals surface area contributed by atoms with Crippen molar-refractivity contribution in [1.29, 1.82) is 0 Å². The molecule has 0 unspecified atom stereocenters. The van der Waals surface area contributed by atoms with Gasteiger partial charge in [-0.15, -0.1) is 0 Å². The Labute approximate surface area is 118 Å². The van der Waals surface area contributed by atoms with E-state index < -0.39 is 0 Å². The van der Waals surface area contributed by atoms with Gasteiger partial charge in [-0.1, -0.05) is 20.8 Å². The van der Waals surface area contributed by atoms with Crippen LogP contribution in [0.2, 0.25) is 0 Å². The number of hydrogen-bond acceptors (Lipinski definition) is 2. The van der Waals surface area contributed by atoms with Crippen molar-refractivity contribution in [2.24, 2.45) is 11.3 Å². The maximum atomic E-state index is 11.9. The average Bonchev–Trinajstić information content (AvgIpc) is 2.09. The third-order valence-corrected chi connectivity index (χ3v) is 3.39. The van der Waals surface area contributed by atoms with Gasteiger partial charge in [0, 0.05) is 18.1 Å². The van der Waals surface area contributed by atoms with Gasteiger partial charge in [-0.3, -0.25) is 4.79 Å². The molecule has 112 valence electrons. The summed E-state index contributed by atoms with van der Waals surface area (Å²) in [5.74, 6) is 0.342. The lowest BCUT2D eigenvalue weighted by molar-refractivity contribution is -0.135. The van der Waals surface area contributed by atoms with E-state index >= 15 is 0 Å². The minimum Gasteiger partial charge on any atom is -0.378 e. The van der Waals surface area contributed by atoms with Crippen LogP contribution in [-0.4, -0.2) is 24.2 Å². The molecule has 0 aliphatic heterocycles. The van der Waals surface area contributed by atoms with Crippen LogP contribution in [0.4, 0.5) is 0 Å². The number of carbonyl (C=O) groups excluding carboxylic acids is 1. The van der Waals surface area contributed by atoms with Gasteiger partial charge in [-0.25, -0.2) is 0 Å². The third-order valence-electron chi connectivity index (χ3n) is 3.39. The van der Waals surface area contributed by atoms with Crippen molar-refractivity contribution in [2.45, 2.75) is 78.9 Å². The molecule has 0 aromatic rings. The van der Waals surface area contributed by atoms with E-state index in [2.05, 4.69) is 26.1 Å². The van der Waals surface area contributed by atoms with Crippen molar-refractivity contribution in [1.82, 2.24) is 5.32 Å². The molecule has 0 heterocycles. The highest BCUT2D eigenvalue weighted by Gasteiger charge is 2.36. The molecule has 1 amide bonds. The molecule has 0 aromatic heterocycles. The molecule has 0 spiro atoms. The van der Waals surface area contributed by atoms with Crippen molar-refractivity contribution < 1.29 is 9.53 Å². The lowest BCUT2D eigenvalue weighted by Gasteiger charge is -2.36. The molecule has 0 radical (unpaired) electrons. The highest BCUT2D eigenvalue weighted by Crippen LogP contribution is 2.31. The van der Waals surface area contributed by atoms with E-state index in [1.807, 2.05) is 20.8 Å². The highest BCUT2D eigenvalue weighted by atomic mass is 16.5. The lowest BCUT2D eigenvalue weighted by Crippen LogP contribution is -2.48. The van der Waals surface area contributed by atoms with E-state index in [4.69, 9.17) is 4.74 Å². The van der Waals surface area contributed by atoms with Crippen LogP contribution in [0.25, 0.3) is 0 Å². The molecular formula is C16H31NO2. The molecule has 3 heteroatoms. The first kappa shape index (κ1) is 16.5. The summed E-state index contributed by atoms with van der Waals surface area (Å²) in [5, 5.41) is 3.03. The Kier molecular flexibility index (Phi) is 5.43. The van der Waals surface area contributed by atoms with Gasteiger partial charge < -0.3 is 10.1 Å². The van der Waals surface area contributed by atoms with Gasteiger partial charge in [0.05, 0.1) is 6.10 Å². The molecule has 0 bridgehead atoms. The minimum absolute atomic E-state index is 0.129. The van der Waals surface area contributed by atoms with E-state index in [1.165, 1.54) is 6.42 Å². The maximum Gasteiger partial charge on any atom is 0.223 e. The van der Waals surface area contributed by atoms with Crippen LogP contribution in [-0.2, 0) is 9.53 Å². The quantitative estimate of drug-likeness (QED) is 0.775. The molecule has 0 atom stereocenters. The second kappa shape index (κ2) is 6.25. The fourth-order valence-electron chi connectivity index (χ4n) is 2.24. The Bertz CT molecular complexity index is 293. The Morgan fingerprint density at radius 1 is 1.16 bits per heavy atom. The molecule has 0 saturated heterocycles. The number of nitrogens with one attached hydrogen (secondary N) is 1. The monoisotopic (exact) mass is 269 g/mol. The fraction of sp³-hybridized carbons (Fsp3) is 0.938. The van der Waals surface area contributed by atoms with Crippen molar-refractivity contribution in [3.63, 3.8) is 0 Å². The van der Waals surface area contributed by atoms with Crippen LogP contribution in [0, 0.1) is 11.3 Å². The largest absolute Gasteiger partial charge is 0.378 e. The van der Waals surface area contributed by atoms with Crippen LogP contribution in [0.15, 0.2) is 0 Å².